The number of piperazine rings is 1. The maximum Gasteiger partial charge on any atom is 0.243 e. The molecule has 0 aromatic carbocycles. The van der Waals surface area contributed by atoms with Crippen molar-refractivity contribution in [2.75, 3.05) is 26.7 Å². The Balaban J connectivity index is 1.93. The SMILES string of the molecule is CN(C(=O)CN1C(=O)CNCC1=O)C1CC1. The second-order valence-electron chi connectivity index (χ2n) is 4.21. The number of imide groups is 1. The maximum atomic E-state index is 11.7. The molecule has 2 rings (SSSR count). The lowest BCUT2D eigenvalue weighted by Gasteiger charge is -2.27. The van der Waals surface area contributed by atoms with Gasteiger partial charge in [-0.3, -0.25) is 24.6 Å². The molecule has 1 N–H and O–H groups in total. The predicted molar refractivity (Wildman–Crippen MR) is 55.4 cm³/mol. The molecule has 1 heterocycles. The van der Waals surface area contributed by atoms with Crippen molar-refractivity contribution < 1.29 is 14.4 Å². The molecule has 88 valence electrons. The van der Waals surface area contributed by atoms with Gasteiger partial charge in [0.05, 0.1) is 13.1 Å². The molecule has 0 radical (unpaired) electrons. The molecule has 3 amide bonds. The lowest BCUT2D eigenvalue weighted by molar-refractivity contribution is -0.151. The number of carbonyl (C=O) groups is 3. The summed E-state index contributed by atoms with van der Waals surface area (Å²) in [4.78, 5) is 37.3. The fourth-order valence-electron chi connectivity index (χ4n) is 1.69. The van der Waals surface area contributed by atoms with E-state index >= 15 is 0 Å². The van der Waals surface area contributed by atoms with Crippen molar-refractivity contribution in [3.05, 3.63) is 0 Å². The molecule has 0 aromatic heterocycles. The van der Waals surface area contributed by atoms with E-state index in [1.54, 1.807) is 11.9 Å². The fraction of sp³-hybridized carbons (Fsp3) is 0.700. The molecule has 0 aromatic rings. The largest absolute Gasteiger partial charge is 0.341 e. The van der Waals surface area contributed by atoms with Gasteiger partial charge in [0.2, 0.25) is 17.7 Å². The van der Waals surface area contributed by atoms with Gasteiger partial charge in [-0.1, -0.05) is 0 Å². The summed E-state index contributed by atoms with van der Waals surface area (Å²) in [5, 5.41) is 2.69. The summed E-state index contributed by atoms with van der Waals surface area (Å²) < 4.78 is 0. The number of likely N-dealkylation sites (N-methyl/N-ethyl adjacent to an activating group) is 1. The highest BCUT2D eigenvalue weighted by Crippen LogP contribution is 2.25. The van der Waals surface area contributed by atoms with E-state index in [4.69, 9.17) is 0 Å². The lowest BCUT2D eigenvalue weighted by Crippen LogP contribution is -2.55. The van der Waals surface area contributed by atoms with E-state index in [0.717, 1.165) is 17.7 Å². The van der Waals surface area contributed by atoms with Crippen LogP contribution in [0.1, 0.15) is 12.8 Å². The molecule has 1 aliphatic heterocycles. The van der Waals surface area contributed by atoms with Crippen molar-refractivity contribution in [1.82, 2.24) is 15.1 Å². The van der Waals surface area contributed by atoms with Crippen molar-refractivity contribution in [3.8, 4) is 0 Å². The molecule has 0 bridgehead atoms. The van der Waals surface area contributed by atoms with Crippen LogP contribution in [0, 0.1) is 0 Å². The second kappa shape index (κ2) is 4.21. The van der Waals surface area contributed by atoms with Crippen LogP contribution in [-0.2, 0) is 14.4 Å². The number of nitrogens with one attached hydrogen (secondary N) is 1. The Hall–Kier alpha value is -1.43. The molecule has 16 heavy (non-hydrogen) atoms. The van der Waals surface area contributed by atoms with Gasteiger partial charge in [0.15, 0.2) is 0 Å². The first-order valence-corrected chi connectivity index (χ1v) is 5.39. The van der Waals surface area contributed by atoms with Crippen molar-refractivity contribution in [2.24, 2.45) is 0 Å². The van der Waals surface area contributed by atoms with E-state index in [1.165, 1.54) is 0 Å². The third kappa shape index (κ3) is 2.21. The number of carbonyl (C=O) groups excluding carboxylic acids is 3. The van der Waals surface area contributed by atoms with Crippen molar-refractivity contribution in [1.29, 1.82) is 0 Å². The monoisotopic (exact) mass is 225 g/mol. The van der Waals surface area contributed by atoms with Crippen LogP contribution in [0.15, 0.2) is 0 Å². The number of amides is 3. The average molecular weight is 225 g/mol. The standard InChI is InChI=1S/C10H15N3O3/c1-12(7-2-3-7)10(16)6-13-8(14)4-11-5-9(13)15/h7,11H,2-6H2,1H3. The van der Waals surface area contributed by atoms with E-state index in [-0.39, 0.29) is 37.4 Å². The fourth-order valence-corrected chi connectivity index (χ4v) is 1.69. The maximum absolute atomic E-state index is 11.7. The van der Waals surface area contributed by atoms with E-state index in [0.29, 0.717) is 6.04 Å². The lowest BCUT2D eigenvalue weighted by atomic mass is 10.3. The summed E-state index contributed by atoms with van der Waals surface area (Å²) in [5.41, 5.74) is 0. The minimum atomic E-state index is -0.325. The first kappa shape index (κ1) is 11.1. The highest BCUT2D eigenvalue weighted by Gasteiger charge is 2.33. The molecule has 6 heteroatoms. The first-order chi connectivity index (χ1) is 7.59. The molecule has 2 fully saturated rings. The van der Waals surface area contributed by atoms with E-state index in [9.17, 15) is 14.4 Å². The summed E-state index contributed by atoms with van der Waals surface area (Å²) >= 11 is 0. The average Bonchev–Trinajstić information content (AvgIpc) is 3.06. The van der Waals surface area contributed by atoms with Gasteiger partial charge >= 0.3 is 0 Å². The van der Waals surface area contributed by atoms with Gasteiger partial charge < -0.3 is 4.90 Å². The van der Waals surface area contributed by atoms with Crippen molar-refractivity contribution >= 4 is 17.7 Å². The third-order valence-corrected chi connectivity index (χ3v) is 2.94. The summed E-state index contributed by atoms with van der Waals surface area (Å²) in [5.74, 6) is -0.811. The molecule has 6 nitrogen and oxygen atoms in total. The normalized spacial score (nSPS) is 21.2. The Kier molecular flexibility index (Phi) is 2.91. The number of hydrogen-bond donors (Lipinski definition) is 1. The minimum absolute atomic E-state index is 0.119. The van der Waals surface area contributed by atoms with Crippen LogP contribution in [0.3, 0.4) is 0 Å². The highest BCUT2D eigenvalue weighted by atomic mass is 16.2. The first-order valence-electron chi connectivity index (χ1n) is 5.39. The van der Waals surface area contributed by atoms with Crippen molar-refractivity contribution in [3.63, 3.8) is 0 Å². The molecule has 1 aliphatic carbocycles. The quantitative estimate of drug-likeness (QED) is 0.598. The van der Waals surface area contributed by atoms with Gasteiger partial charge in [-0.25, -0.2) is 0 Å². The molecule has 1 saturated carbocycles. The second-order valence-corrected chi connectivity index (χ2v) is 4.21. The molecule has 2 aliphatic rings. The van der Waals surface area contributed by atoms with E-state index in [1.807, 2.05) is 0 Å². The molecular formula is C10H15N3O3. The van der Waals surface area contributed by atoms with Gasteiger partial charge in [0, 0.05) is 13.1 Å². The zero-order valence-electron chi connectivity index (χ0n) is 9.23. The van der Waals surface area contributed by atoms with E-state index in [2.05, 4.69) is 5.32 Å². The van der Waals surface area contributed by atoms with Gasteiger partial charge in [-0.05, 0) is 12.8 Å². The van der Waals surface area contributed by atoms with Gasteiger partial charge in [-0.2, -0.15) is 0 Å². The zero-order valence-corrected chi connectivity index (χ0v) is 9.23. The van der Waals surface area contributed by atoms with E-state index < -0.39 is 0 Å². The van der Waals surface area contributed by atoms with Gasteiger partial charge in [0.1, 0.15) is 6.54 Å². The zero-order chi connectivity index (χ0) is 11.7. The van der Waals surface area contributed by atoms with Crippen LogP contribution < -0.4 is 5.32 Å². The third-order valence-electron chi connectivity index (χ3n) is 2.94. The molecular weight excluding hydrogens is 210 g/mol. The predicted octanol–water partition coefficient (Wildman–Crippen LogP) is -1.43. The highest BCUT2D eigenvalue weighted by molar-refractivity contribution is 6.02. The van der Waals surface area contributed by atoms with Crippen LogP contribution in [0.25, 0.3) is 0 Å². The van der Waals surface area contributed by atoms with Gasteiger partial charge in [0.25, 0.3) is 0 Å². The minimum Gasteiger partial charge on any atom is -0.341 e. The summed E-state index contributed by atoms with van der Waals surface area (Å²) in [7, 11) is 1.72. The summed E-state index contributed by atoms with van der Waals surface area (Å²) in [6.07, 6.45) is 2.04. The van der Waals surface area contributed by atoms with Gasteiger partial charge in [-0.15, -0.1) is 0 Å². The number of rotatable bonds is 3. The van der Waals surface area contributed by atoms with Crippen molar-refractivity contribution in [2.45, 2.75) is 18.9 Å². The topological polar surface area (TPSA) is 69.7 Å². The molecule has 0 atom stereocenters. The Bertz CT molecular complexity index is 322. The van der Waals surface area contributed by atoms with Crippen LogP contribution in [-0.4, -0.2) is 60.2 Å². The Morgan fingerprint density at radius 1 is 1.38 bits per heavy atom. The Morgan fingerprint density at radius 3 is 2.44 bits per heavy atom. The Labute approximate surface area is 93.6 Å². The smallest absolute Gasteiger partial charge is 0.243 e. The molecule has 1 saturated heterocycles. The molecule has 0 unspecified atom stereocenters. The molecule has 0 spiro atoms. The van der Waals surface area contributed by atoms with Crippen LogP contribution in [0.4, 0.5) is 0 Å². The number of hydrogen-bond acceptors (Lipinski definition) is 4. The van der Waals surface area contributed by atoms with Crippen LogP contribution >= 0.6 is 0 Å². The summed E-state index contributed by atoms with van der Waals surface area (Å²) in [6.45, 7) is 0.144. The van der Waals surface area contributed by atoms with Crippen LogP contribution in [0.2, 0.25) is 0 Å². The Morgan fingerprint density at radius 2 is 1.94 bits per heavy atom. The summed E-state index contributed by atoms with van der Waals surface area (Å²) in [6, 6.07) is 0.306. The van der Waals surface area contributed by atoms with Crippen LogP contribution in [0.5, 0.6) is 0 Å². The number of nitrogens with zero attached hydrogens (tertiary/aromatic N) is 2.